The van der Waals surface area contributed by atoms with Gasteiger partial charge in [-0.25, -0.2) is 13.2 Å². The molecule has 27 heavy (non-hydrogen) atoms. The highest BCUT2D eigenvalue weighted by atomic mass is 35.5. The third-order valence-electron chi connectivity index (χ3n) is 4.75. The number of benzene rings is 2. The lowest BCUT2D eigenvalue weighted by atomic mass is 9.86. The summed E-state index contributed by atoms with van der Waals surface area (Å²) in [6, 6.07) is 9.79. The zero-order valence-corrected chi connectivity index (χ0v) is 15.5. The smallest absolute Gasteiger partial charge is 0.220 e. The zero-order chi connectivity index (χ0) is 18.5. The highest BCUT2D eigenvalue weighted by Crippen LogP contribution is 2.27. The Labute approximate surface area is 162 Å². The van der Waals surface area contributed by atoms with Crippen LogP contribution in [0, 0.1) is 17.5 Å². The van der Waals surface area contributed by atoms with E-state index >= 15 is 0 Å². The van der Waals surface area contributed by atoms with Gasteiger partial charge in [-0.3, -0.25) is 4.79 Å². The predicted molar refractivity (Wildman–Crippen MR) is 100 cm³/mol. The molecule has 2 unspecified atom stereocenters. The fraction of sp³-hybridized carbons (Fsp3) is 0.350. The molecule has 1 fully saturated rings. The molecule has 0 spiro atoms. The van der Waals surface area contributed by atoms with Gasteiger partial charge in [0.15, 0.2) is 11.6 Å². The number of carbonyl (C=O) groups excluding carboxylic acids is 1. The third-order valence-corrected chi connectivity index (χ3v) is 4.75. The molecular formula is C20H22ClF3N2O. The van der Waals surface area contributed by atoms with E-state index in [4.69, 9.17) is 0 Å². The van der Waals surface area contributed by atoms with Gasteiger partial charge in [-0.15, -0.1) is 12.4 Å². The molecule has 3 rings (SSSR count). The van der Waals surface area contributed by atoms with Gasteiger partial charge in [0.05, 0.1) is 0 Å². The number of carbonyl (C=O) groups is 1. The van der Waals surface area contributed by atoms with Crippen LogP contribution in [-0.2, 0) is 11.2 Å². The Morgan fingerprint density at radius 2 is 1.81 bits per heavy atom. The van der Waals surface area contributed by atoms with E-state index in [0.717, 1.165) is 24.6 Å². The average molecular weight is 399 g/mol. The summed E-state index contributed by atoms with van der Waals surface area (Å²) in [5, 5.41) is 6.21. The Kier molecular flexibility index (Phi) is 7.68. The molecule has 1 amide bonds. The van der Waals surface area contributed by atoms with Crippen LogP contribution in [-0.4, -0.2) is 25.0 Å². The van der Waals surface area contributed by atoms with Crippen LogP contribution < -0.4 is 10.6 Å². The van der Waals surface area contributed by atoms with Gasteiger partial charge < -0.3 is 10.6 Å². The summed E-state index contributed by atoms with van der Waals surface area (Å²) in [6.07, 6.45) is 1.53. The Hall–Kier alpha value is -2.05. The maximum atomic E-state index is 13.6. The summed E-state index contributed by atoms with van der Waals surface area (Å²) in [6.45, 7) is 1.33. The number of rotatable bonds is 5. The molecule has 3 nitrogen and oxygen atoms in total. The van der Waals surface area contributed by atoms with E-state index in [1.54, 1.807) is 18.2 Å². The highest BCUT2D eigenvalue weighted by molar-refractivity contribution is 5.85. The van der Waals surface area contributed by atoms with Crippen molar-refractivity contribution >= 4 is 18.3 Å². The van der Waals surface area contributed by atoms with E-state index in [9.17, 15) is 18.0 Å². The molecule has 0 aromatic heterocycles. The number of hydrogen-bond donors (Lipinski definition) is 2. The lowest BCUT2D eigenvalue weighted by molar-refractivity contribution is -0.122. The summed E-state index contributed by atoms with van der Waals surface area (Å²) in [4.78, 5) is 12.3. The second-order valence-corrected chi connectivity index (χ2v) is 6.57. The first-order chi connectivity index (χ1) is 12.5. The van der Waals surface area contributed by atoms with E-state index in [-0.39, 0.29) is 42.5 Å². The topological polar surface area (TPSA) is 41.1 Å². The molecule has 0 saturated carbocycles. The van der Waals surface area contributed by atoms with Crippen molar-refractivity contribution in [3.63, 3.8) is 0 Å². The summed E-state index contributed by atoms with van der Waals surface area (Å²) in [5.74, 6) is -2.23. The summed E-state index contributed by atoms with van der Waals surface area (Å²) in [7, 11) is 0. The summed E-state index contributed by atoms with van der Waals surface area (Å²) >= 11 is 0. The van der Waals surface area contributed by atoms with Gasteiger partial charge in [0.25, 0.3) is 0 Å². The van der Waals surface area contributed by atoms with Crippen molar-refractivity contribution in [3.05, 3.63) is 71.0 Å². The average Bonchev–Trinajstić information content (AvgIpc) is 2.64. The van der Waals surface area contributed by atoms with Crippen molar-refractivity contribution < 1.29 is 18.0 Å². The molecule has 2 aromatic rings. The van der Waals surface area contributed by atoms with Crippen LogP contribution >= 0.6 is 12.4 Å². The van der Waals surface area contributed by atoms with Crippen molar-refractivity contribution in [2.75, 3.05) is 13.1 Å². The van der Waals surface area contributed by atoms with Gasteiger partial charge in [0, 0.05) is 24.9 Å². The van der Waals surface area contributed by atoms with E-state index in [2.05, 4.69) is 10.6 Å². The van der Waals surface area contributed by atoms with Crippen LogP contribution in [0.5, 0.6) is 0 Å². The molecular weight excluding hydrogens is 377 g/mol. The Bertz CT molecular complexity index is 770. The standard InChI is InChI=1S/C20H21F3N2O.ClH/c21-15-5-1-13(2-6-15)3-8-20(26)25-19-12-24-10-9-16(19)14-4-7-17(22)18(23)11-14;/h1-2,4-7,11,16,19,24H,3,8-10,12H2,(H,25,26);1H. The number of piperidine rings is 1. The lowest BCUT2D eigenvalue weighted by Crippen LogP contribution is -2.50. The number of nitrogens with one attached hydrogen (secondary N) is 2. The summed E-state index contributed by atoms with van der Waals surface area (Å²) < 4.78 is 39.7. The molecule has 0 radical (unpaired) electrons. The fourth-order valence-electron chi connectivity index (χ4n) is 3.34. The molecule has 7 heteroatoms. The maximum absolute atomic E-state index is 13.6. The van der Waals surface area contributed by atoms with E-state index in [0.29, 0.717) is 18.5 Å². The largest absolute Gasteiger partial charge is 0.351 e. The first-order valence-corrected chi connectivity index (χ1v) is 8.72. The van der Waals surface area contributed by atoms with Gasteiger partial charge >= 0.3 is 0 Å². The molecule has 1 aliphatic heterocycles. The number of hydrogen-bond acceptors (Lipinski definition) is 2. The van der Waals surface area contributed by atoms with Gasteiger partial charge in [0.1, 0.15) is 5.82 Å². The monoisotopic (exact) mass is 398 g/mol. The Morgan fingerprint density at radius 1 is 1.07 bits per heavy atom. The molecule has 146 valence electrons. The molecule has 0 aliphatic carbocycles. The highest BCUT2D eigenvalue weighted by Gasteiger charge is 2.28. The van der Waals surface area contributed by atoms with E-state index < -0.39 is 11.6 Å². The molecule has 1 aliphatic rings. The third kappa shape index (κ3) is 5.71. The molecule has 1 heterocycles. The minimum atomic E-state index is -0.873. The second-order valence-electron chi connectivity index (χ2n) is 6.57. The van der Waals surface area contributed by atoms with Gasteiger partial charge in [0.2, 0.25) is 5.91 Å². The minimum Gasteiger partial charge on any atom is -0.351 e. The molecule has 0 bridgehead atoms. The molecule has 2 atom stereocenters. The van der Waals surface area contributed by atoms with Crippen LogP contribution in [0.4, 0.5) is 13.2 Å². The number of halogens is 4. The fourth-order valence-corrected chi connectivity index (χ4v) is 3.34. The normalized spacial score (nSPS) is 19.2. The van der Waals surface area contributed by atoms with Gasteiger partial charge in [-0.2, -0.15) is 0 Å². The van der Waals surface area contributed by atoms with Crippen LogP contribution in [0.2, 0.25) is 0 Å². The maximum Gasteiger partial charge on any atom is 0.220 e. The van der Waals surface area contributed by atoms with Crippen molar-refractivity contribution in [1.29, 1.82) is 0 Å². The SMILES string of the molecule is Cl.O=C(CCc1ccc(F)cc1)NC1CNCCC1c1ccc(F)c(F)c1. The second kappa shape index (κ2) is 9.76. The Balaban J connectivity index is 0.00000261. The summed E-state index contributed by atoms with van der Waals surface area (Å²) in [5.41, 5.74) is 1.58. The molecule has 2 N–H and O–H groups in total. The van der Waals surface area contributed by atoms with Crippen molar-refractivity contribution in [1.82, 2.24) is 10.6 Å². The first-order valence-electron chi connectivity index (χ1n) is 8.72. The van der Waals surface area contributed by atoms with Crippen LogP contribution in [0.25, 0.3) is 0 Å². The lowest BCUT2D eigenvalue weighted by Gasteiger charge is -2.33. The van der Waals surface area contributed by atoms with Crippen LogP contribution in [0.3, 0.4) is 0 Å². The zero-order valence-electron chi connectivity index (χ0n) is 14.7. The van der Waals surface area contributed by atoms with Crippen LogP contribution in [0.15, 0.2) is 42.5 Å². The number of aryl methyl sites for hydroxylation is 1. The van der Waals surface area contributed by atoms with Gasteiger partial charge in [-0.1, -0.05) is 18.2 Å². The van der Waals surface area contributed by atoms with Crippen molar-refractivity contribution in [3.8, 4) is 0 Å². The van der Waals surface area contributed by atoms with Crippen molar-refractivity contribution in [2.24, 2.45) is 0 Å². The molecule has 2 aromatic carbocycles. The Morgan fingerprint density at radius 3 is 2.52 bits per heavy atom. The van der Waals surface area contributed by atoms with Crippen molar-refractivity contribution in [2.45, 2.75) is 31.2 Å². The van der Waals surface area contributed by atoms with E-state index in [1.165, 1.54) is 18.2 Å². The van der Waals surface area contributed by atoms with Crippen LogP contribution in [0.1, 0.15) is 29.9 Å². The van der Waals surface area contributed by atoms with E-state index in [1.807, 2.05) is 0 Å². The predicted octanol–water partition coefficient (Wildman–Crippen LogP) is 3.72. The minimum absolute atomic E-state index is 0. The molecule has 1 saturated heterocycles. The first kappa shape index (κ1) is 21.3. The quantitative estimate of drug-likeness (QED) is 0.806. The number of amides is 1. The van der Waals surface area contributed by atoms with Gasteiger partial charge in [-0.05, 0) is 54.8 Å².